The summed E-state index contributed by atoms with van der Waals surface area (Å²) in [4.78, 5) is 31.0. The number of unbranched alkanes of at least 4 members (excludes halogenated alkanes) is 1. The number of hydrogen-bond donors (Lipinski definition) is 1. The molecule has 5 nitrogen and oxygen atoms in total. The van der Waals surface area contributed by atoms with Crippen LogP contribution in [0.25, 0.3) is 0 Å². The van der Waals surface area contributed by atoms with Crippen LogP contribution in [0.3, 0.4) is 0 Å². The largest absolute Gasteiger partial charge is 0.349 e. The molecule has 0 aliphatic rings. The van der Waals surface area contributed by atoms with Gasteiger partial charge in [-0.2, -0.15) is 0 Å². The summed E-state index contributed by atoms with van der Waals surface area (Å²) in [5, 5.41) is 3.28. The van der Waals surface area contributed by atoms with Gasteiger partial charge >= 0.3 is 0 Å². The first-order valence-electron chi connectivity index (χ1n) is 11.6. The third-order valence-corrected chi connectivity index (χ3v) is 7.17. The number of nitrogens with one attached hydrogen (secondary N) is 1. The summed E-state index contributed by atoms with van der Waals surface area (Å²) in [6.07, 6.45) is 2.95. The van der Waals surface area contributed by atoms with Gasteiger partial charge in [-0.15, -0.1) is 0 Å². The number of aromatic nitrogens is 2. The van der Waals surface area contributed by atoms with Gasteiger partial charge in [0.25, 0.3) is 5.56 Å². The number of aryl methyl sites for hydroxylation is 1. The highest BCUT2D eigenvalue weighted by atomic mass is 32.2. The number of benzene rings is 2. The molecule has 0 saturated heterocycles. The Bertz CT molecular complexity index is 1160. The van der Waals surface area contributed by atoms with E-state index in [0.717, 1.165) is 24.0 Å². The monoisotopic (exact) mass is 481 g/mol. The van der Waals surface area contributed by atoms with Crippen LogP contribution >= 0.6 is 11.8 Å². The molecule has 1 N–H and O–H groups in total. The Morgan fingerprint density at radius 2 is 1.82 bits per heavy atom. The summed E-state index contributed by atoms with van der Waals surface area (Å²) in [6, 6.07) is 15.9. The molecule has 180 valence electrons. The summed E-state index contributed by atoms with van der Waals surface area (Å²) in [5.74, 6) is -0.367. The predicted octanol–water partition coefficient (Wildman–Crippen LogP) is 5.35. The van der Waals surface area contributed by atoms with Gasteiger partial charge in [0.2, 0.25) is 5.91 Å². The van der Waals surface area contributed by atoms with Crippen molar-refractivity contribution >= 4 is 17.7 Å². The molecule has 1 aromatic heterocycles. The highest BCUT2D eigenvalue weighted by molar-refractivity contribution is 8.00. The van der Waals surface area contributed by atoms with Crippen molar-refractivity contribution in [3.05, 3.63) is 93.2 Å². The quantitative estimate of drug-likeness (QED) is 0.313. The molecule has 0 spiro atoms. The maximum atomic E-state index is 13.2. The lowest BCUT2D eigenvalue weighted by molar-refractivity contribution is -0.121. The van der Waals surface area contributed by atoms with Gasteiger partial charge in [-0.05, 0) is 43.5 Å². The van der Waals surface area contributed by atoms with Crippen molar-refractivity contribution in [3.63, 3.8) is 0 Å². The number of carbonyl (C=O) groups is 1. The van der Waals surface area contributed by atoms with Crippen molar-refractivity contribution in [2.45, 2.75) is 62.9 Å². The van der Waals surface area contributed by atoms with Gasteiger partial charge in [0, 0.05) is 24.7 Å². The van der Waals surface area contributed by atoms with Crippen LogP contribution < -0.4 is 10.9 Å². The van der Waals surface area contributed by atoms with Gasteiger partial charge in [-0.3, -0.25) is 14.2 Å². The molecule has 0 aliphatic heterocycles. The normalized spacial score (nSPS) is 12.9. The first kappa shape index (κ1) is 25.7. The summed E-state index contributed by atoms with van der Waals surface area (Å²) in [5.41, 5.74) is 2.94. The average Bonchev–Trinajstić information content (AvgIpc) is 2.84. The topological polar surface area (TPSA) is 64.0 Å². The van der Waals surface area contributed by atoms with Crippen molar-refractivity contribution in [1.29, 1.82) is 0 Å². The maximum absolute atomic E-state index is 13.2. The van der Waals surface area contributed by atoms with Gasteiger partial charge in [-0.25, -0.2) is 9.37 Å². The second-order valence-electron chi connectivity index (χ2n) is 8.52. The number of halogens is 1. The Kier molecular flexibility index (Phi) is 9.05. The van der Waals surface area contributed by atoms with E-state index in [-0.39, 0.29) is 28.6 Å². The van der Waals surface area contributed by atoms with Gasteiger partial charge in [0.15, 0.2) is 5.16 Å². The van der Waals surface area contributed by atoms with E-state index in [9.17, 15) is 14.0 Å². The molecule has 34 heavy (non-hydrogen) atoms. The van der Waals surface area contributed by atoms with Crippen LogP contribution in [0.15, 0.2) is 64.5 Å². The number of nitrogens with zero attached hydrogens (tertiary/aromatic N) is 2. The van der Waals surface area contributed by atoms with Crippen molar-refractivity contribution < 1.29 is 9.18 Å². The molecule has 1 amide bonds. The zero-order valence-corrected chi connectivity index (χ0v) is 21.0. The van der Waals surface area contributed by atoms with Crippen molar-refractivity contribution in [3.8, 4) is 0 Å². The van der Waals surface area contributed by atoms with E-state index in [2.05, 4.69) is 17.2 Å². The second kappa shape index (κ2) is 12.0. The van der Waals surface area contributed by atoms with Gasteiger partial charge < -0.3 is 5.32 Å². The Labute approximate surface area is 204 Å². The van der Waals surface area contributed by atoms with E-state index >= 15 is 0 Å². The van der Waals surface area contributed by atoms with E-state index in [1.54, 1.807) is 19.2 Å². The summed E-state index contributed by atoms with van der Waals surface area (Å²) in [6.45, 7) is 5.87. The first-order valence-corrected chi connectivity index (χ1v) is 12.5. The lowest BCUT2D eigenvalue weighted by Crippen LogP contribution is -2.35. The van der Waals surface area contributed by atoms with Crippen LogP contribution in [0.4, 0.5) is 4.39 Å². The molecule has 3 aromatic rings. The van der Waals surface area contributed by atoms with E-state index in [1.807, 2.05) is 44.2 Å². The standard InChI is InChI=1S/C27H32FN3O2S/c1-5-6-12-24(25(32)29-18(2)21-10-8-7-9-11-21)34-27-30-19(3)23(26(33)31(27)4)17-20-13-15-22(28)16-14-20/h7-11,13-16,18,24H,5-6,12,17H2,1-4H3,(H,29,32). The summed E-state index contributed by atoms with van der Waals surface area (Å²) in [7, 11) is 1.69. The van der Waals surface area contributed by atoms with Crippen LogP contribution in [0, 0.1) is 12.7 Å². The van der Waals surface area contributed by atoms with E-state index in [4.69, 9.17) is 0 Å². The van der Waals surface area contributed by atoms with Gasteiger partial charge in [0.1, 0.15) is 5.82 Å². The molecule has 0 radical (unpaired) electrons. The summed E-state index contributed by atoms with van der Waals surface area (Å²) >= 11 is 1.34. The fourth-order valence-corrected chi connectivity index (χ4v) is 4.88. The molecule has 0 saturated carbocycles. The molecule has 7 heteroatoms. The average molecular weight is 482 g/mol. The molecular weight excluding hydrogens is 449 g/mol. The van der Waals surface area contributed by atoms with Gasteiger partial charge in [-0.1, -0.05) is 74.0 Å². The Morgan fingerprint density at radius 3 is 2.47 bits per heavy atom. The smallest absolute Gasteiger partial charge is 0.257 e. The molecular formula is C27H32FN3O2S. The van der Waals surface area contributed by atoms with Crippen molar-refractivity contribution in [2.24, 2.45) is 7.05 Å². The first-order chi connectivity index (χ1) is 16.3. The van der Waals surface area contributed by atoms with Crippen LogP contribution in [-0.2, 0) is 18.3 Å². The Hall–Kier alpha value is -2.93. The number of hydrogen-bond acceptors (Lipinski definition) is 4. The zero-order valence-electron chi connectivity index (χ0n) is 20.2. The zero-order chi connectivity index (χ0) is 24.7. The number of carbonyl (C=O) groups excluding carboxylic acids is 1. The minimum Gasteiger partial charge on any atom is -0.349 e. The number of rotatable bonds is 10. The molecule has 0 bridgehead atoms. The van der Waals surface area contributed by atoms with Crippen molar-refractivity contribution in [1.82, 2.24) is 14.9 Å². The van der Waals surface area contributed by atoms with E-state index in [0.29, 0.717) is 29.3 Å². The molecule has 2 aromatic carbocycles. The fraction of sp³-hybridized carbons (Fsp3) is 0.370. The Balaban J connectivity index is 1.81. The number of amides is 1. The molecule has 1 heterocycles. The molecule has 0 aliphatic carbocycles. The van der Waals surface area contributed by atoms with Crippen LogP contribution in [0.5, 0.6) is 0 Å². The molecule has 2 unspecified atom stereocenters. The maximum Gasteiger partial charge on any atom is 0.257 e. The predicted molar refractivity (Wildman–Crippen MR) is 136 cm³/mol. The van der Waals surface area contributed by atoms with Crippen LogP contribution in [0.1, 0.15) is 61.5 Å². The van der Waals surface area contributed by atoms with Crippen LogP contribution in [-0.4, -0.2) is 20.7 Å². The SMILES string of the molecule is CCCCC(Sc1nc(C)c(Cc2ccc(F)cc2)c(=O)n1C)C(=O)NC(C)c1ccccc1. The second-order valence-corrected chi connectivity index (χ2v) is 9.69. The van der Waals surface area contributed by atoms with Gasteiger partial charge in [0.05, 0.1) is 11.3 Å². The third kappa shape index (κ3) is 6.56. The van der Waals surface area contributed by atoms with E-state index in [1.165, 1.54) is 28.5 Å². The lowest BCUT2D eigenvalue weighted by Gasteiger charge is -2.21. The molecule has 2 atom stereocenters. The third-order valence-electron chi connectivity index (χ3n) is 5.86. The van der Waals surface area contributed by atoms with Crippen molar-refractivity contribution in [2.75, 3.05) is 0 Å². The highest BCUT2D eigenvalue weighted by Gasteiger charge is 2.24. The summed E-state index contributed by atoms with van der Waals surface area (Å²) < 4.78 is 14.8. The minimum atomic E-state index is -0.355. The Morgan fingerprint density at radius 1 is 1.15 bits per heavy atom. The molecule has 0 fully saturated rings. The van der Waals surface area contributed by atoms with E-state index < -0.39 is 0 Å². The molecule has 3 rings (SSSR count). The lowest BCUT2D eigenvalue weighted by atomic mass is 10.1. The fourth-order valence-electron chi connectivity index (χ4n) is 3.74. The van der Waals surface area contributed by atoms with Crippen LogP contribution in [0.2, 0.25) is 0 Å². The minimum absolute atomic E-state index is 0.0582. The highest BCUT2D eigenvalue weighted by Crippen LogP contribution is 2.26. The number of thioether (sulfide) groups is 1.